The number of H-pyrrole nitrogens is 1. The number of aromatic nitrogens is 4. The van der Waals surface area contributed by atoms with Crippen LogP contribution in [-0.4, -0.2) is 43.8 Å². The average molecular weight is 381 g/mol. The van der Waals surface area contributed by atoms with Crippen LogP contribution in [0, 0.1) is 5.82 Å². The quantitative estimate of drug-likeness (QED) is 0.536. The van der Waals surface area contributed by atoms with Crippen molar-refractivity contribution in [1.29, 1.82) is 0 Å². The first-order chi connectivity index (χ1) is 13.1. The molecule has 4 rings (SSSR count). The molecule has 0 aliphatic rings. The first kappa shape index (κ1) is 17.4. The van der Waals surface area contributed by atoms with Crippen molar-refractivity contribution in [2.75, 3.05) is 12.8 Å². The van der Waals surface area contributed by atoms with E-state index in [-0.39, 0.29) is 24.0 Å². The van der Waals surface area contributed by atoms with Crippen molar-refractivity contribution in [2.24, 2.45) is 0 Å². The second-order valence-electron chi connectivity index (χ2n) is 6.09. The number of rotatable bonds is 5. The number of halogens is 1. The highest BCUT2D eigenvalue weighted by atomic mass is 32.2. The van der Waals surface area contributed by atoms with Gasteiger partial charge in [0.2, 0.25) is 11.1 Å². The van der Waals surface area contributed by atoms with Gasteiger partial charge >= 0.3 is 0 Å². The maximum atomic E-state index is 13.7. The second kappa shape index (κ2) is 7.32. The van der Waals surface area contributed by atoms with Crippen molar-refractivity contribution >= 4 is 39.7 Å². The average Bonchev–Trinajstić information content (AvgIpc) is 3.05. The zero-order chi connectivity index (χ0) is 18.8. The summed E-state index contributed by atoms with van der Waals surface area (Å²) >= 11 is 1.21. The number of para-hydroxylation sites is 1. The summed E-state index contributed by atoms with van der Waals surface area (Å²) < 4.78 is 13.7. The molecule has 0 unspecified atom stereocenters. The van der Waals surface area contributed by atoms with Crippen molar-refractivity contribution in [3.8, 4) is 0 Å². The first-order valence-electron chi connectivity index (χ1n) is 8.33. The molecule has 0 saturated carbocycles. The fourth-order valence-electron chi connectivity index (χ4n) is 2.77. The molecular weight excluding hydrogens is 365 g/mol. The van der Waals surface area contributed by atoms with Crippen molar-refractivity contribution < 1.29 is 9.18 Å². The molecule has 0 aliphatic carbocycles. The van der Waals surface area contributed by atoms with Crippen molar-refractivity contribution in [3.63, 3.8) is 0 Å². The Kier molecular flexibility index (Phi) is 4.72. The molecule has 27 heavy (non-hydrogen) atoms. The summed E-state index contributed by atoms with van der Waals surface area (Å²) in [5, 5.41) is 9.72. The summed E-state index contributed by atoms with van der Waals surface area (Å²) in [7, 11) is 1.65. The zero-order valence-electron chi connectivity index (χ0n) is 14.5. The lowest BCUT2D eigenvalue weighted by Crippen LogP contribution is -2.28. The molecule has 0 fully saturated rings. The number of nitrogens with one attached hydrogen (secondary N) is 1. The third-order valence-corrected chi connectivity index (χ3v) is 5.04. The maximum Gasteiger partial charge on any atom is 0.233 e. The van der Waals surface area contributed by atoms with E-state index >= 15 is 0 Å². The van der Waals surface area contributed by atoms with Crippen molar-refractivity contribution in [1.82, 2.24) is 25.1 Å². The molecule has 2 aromatic heterocycles. The van der Waals surface area contributed by atoms with Gasteiger partial charge in [0.05, 0.1) is 5.75 Å². The molecule has 0 radical (unpaired) electrons. The van der Waals surface area contributed by atoms with Crippen LogP contribution in [0.4, 0.5) is 4.39 Å². The summed E-state index contributed by atoms with van der Waals surface area (Å²) in [4.78, 5) is 21.5. The third-order valence-electron chi connectivity index (χ3n) is 4.22. The number of aromatic amines is 1. The number of fused-ring (bicyclic) bond motifs is 3. The fraction of sp³-hybridized carbons (Fsp3) is 0.158. The van der Waals surface area contributed by atoms with Crippen LogP contribution in [-0.2, 0) is 11.3 Å². The molecule has 2 heterocycles. The van der Waals surface area contributed by atoms with E-state index in [1.54, 1.807) is 25.2 Å². The Balaban J connectivity index is 1.44. The largest absolute Gasteiger partial charge is 0.341 e. The molecular formula is C19H16FN5OS. The van der Waals surface area contributed by atoms with Crippen LogP contribution in [0.15, 0.2) is 53.7 Å². The van der Waals surface area contributed by atoms with Gasteiger partial charge in [0.1, 0.15) is 11.3 Å². The molecule has 0 saturated heterocycles. The van der Waals surface area contributed by atoms with Crippen molar-refractivity contribution in [3.05, 3.63) is 59.9 Å². The SMILES string of the molecule is CN(Cc1ccccc1F)C(=O)CSc1nnc2c(n1)[nH]c1ccccc12. The lowest BCUT2D eigenvalue weighted by molar-refractivity contribution is -0.127. The predicted molar refractivity (Wildman–Crippen MR) is 103 cm³/mol. The molecule has 0 bridgehead atoms. The minimum atomic E-state index is -0.318. The number of amides is 1. The Hall–Kier alpha value is -3.00. The van der Waals surface area contributed by atoms with E-state index in [2.05, 4.69) is 20.2 Å². The van der Waals surface area contributed by atoms with Crippen LogP contribution in [0.5, 0.6) is 0 Å². The lowest BCUT2D eigenvalue weighted by Gasteiger charge is -2.17. The van der Waals surface area contributed by atoms with Gasteiger partial charge < -0.3 is 9.88 Å². The monoisotopic (exact) mass is 381 g/mol. The molecule has 0 spiro atoms. The highest BCUT2D eigenvalue weighted by Gasteiger charge is 2.14. The summed E-state index contributed by atoms with van der Waals surface area (Å²) in [5.41, 5.74) is 2.77. The number of carbonyl (C=O) groups is 1. The molecule has 8 heteroatoms. The number of hydrogen-bond acceptors (Lipinski definition) is 5. The van der Waals surface area contributed by atoms with E-state index in [1.807, 2.05) is 24.3 Å². The van der Waals surface area contributed by atoms with Gasteiger partial charge in [0.25, 0.3) is 0 Å². The van der Waals surface area contributed by atoms with E-state index in [9.17, 15) is 9.18 Å². The number of thioether (sulfide) groups is 1. The van der Waals surface area contributed by atoms with Gasteiger partial charge in [-0.3, -0.25) is 4.79 Å². The number of carbonyl (C=O) groups excluding carboxylic acids is 1. The van der Waals surface area contributed by atoms with Gasteiger partial charge in [-0.1, -0.05) is 48.2 Å². The van der Waals surface area contributed by atoms with Gasteiger partial charge in [-0.05, 0) is 12.1 Å². The first-order valence-corrected chi connectivity index (χ1v) is 9.31. The fourth-order valence-corrected chi connectivity index (χ4v) is 3.50. The highest BCUT2D eigenvalue weighted by molar-refractivity contribution is 7.99. The van der Waals surface area contributed by atoms with Gasteiger partial charge in [-0.2, -0.15) is 0 Å². The summed E-state index contributed by atoms with van der Waals surface area (Å²) in [6.07, 6.45) is 0. The van der Waals surface area contributed by atoms with Gasteiger partial charge in [0.15, 0.2) is 5.65 Å². The lowest BCUT2D eigenvalue weighted by atomic mass is 10.2. The smallest absolute Gasteiger partial charge is 0.233 e. The Morgan fingerprint density at radius 2 is 1.93 bits per heavy atom. The Bertz CT molecular complexity index is 1130. The highest BCUT2D eigenvalue weighted by Crippen LogP contribution is 2.23. The molecule has 6 nitrogen and oxygen atoms in total. The van der Waals surface area contributed by atoms with Gasteiger partial charge in [0, 0.05) is 30.1 Å². The number of benzene rings is 2. The minimum absolute atomic E-state index is 0.136. The molecule has 1 amide bonds. The molecule has 0 aliphatic heterocycles. The van der Waals surface area contributed by atoms with Crippen LogP contribution in [0.25, 0.3) is 22.1 Å². The third kappa shape index (κ3) is 3.61. The van der Waals surface area contributed by atoms with Crippen LogP contribution in [0.2, 0.25) is 0 Å². The van der Waals surface area contributed by atoms with Crippen LogP contribution in [0.1, 0.15) is 5.56 Å². The van der Waals surface area contributed by atoms with E-state index < -0.39 is 0 Å². The molecule has 2 aromatic carbocycles. The van der Waals surface area contributed by atoms with E-state index in [0.717, 1.165) is 10.9 Å². The Morgan fingerprint density at radius 3 is 2.78 bits per heavy atom. The number of hydrogen-bond donors (Lipinski definition) is 1. The second-order valence-corrected chi connectivity index (χ2v) is 7.03. The molecule has 0 atom stereocenters. The van der Waals surface area contributed by atoms with Crippen LogP contribution >= 0.6 is 11.8 Å². The Labute approximate surface area is 158 Å². The topological polar surface area (TPSA) is 74.8 Å². The standard InChI is InChI=1S/C19H16FN5OS/c1-25(10-12-6-2-4-8-14(12)20)16(26)11-27-19-22-18-17(23-24-19)13-7-3-5-9-15(13)21-18/h2-9H,10-11H2,1H3,(H,21,22,24). The molecule has 4 aromatic rings. The van der Waals surface area contributed by atoms with Crippen LogP contribution < -0.4 is 0 Å². The number of nitrogens with zero attached hydrogens (tertiary/aromatic N) is 4. The minimum Gasteiger partial charge on any atom is -0.341 e. The summed E-state index contributed by atoms with van der Waals surface area (Å²) in [6.45, 7) is 0.215. The van der Waals surface area contributed by atoms with Crippen molar-refractivity contribution in [2.45, 2.75) is 11.7 Å². The maximum absolute atomic E-state index is 13.7. The normalized spacial score (nSPS) is 11.2. The van der Waals surface area contributed by atoms with E-state index in [4.69, 9.17) is 0 Å². The zero-order valence-corrected chi connectivity index (χ0v) is 15.3. The summed E-state index contributed by atoms with van der Waals surface area (Å²) in [6, 6.07) is 14.2. The van der Waals surface area contributed by atoms with Gasteiger partial charge in [-0.25, -0.2) is 9.37 Å². The Morgan fingerprint density at radius 1 is 1.15 bits per heavy atom. The van der Waals surface area contributed by atoms with Gasteiger partial charge in [-0.15, -0.1) is 10.2 Å². The molecule has 1 N–H and O–H groups in total. The summed E-state index contributed by atoms with van der Waals surface area (Å²) in [5.74, 6) is -0.302. The predicted octanol–water partition coefficient (Wildman–Crippen LogP) is 3.40. The van der Waals surface area contributed by atoms with Crippen LogP contribution in [0.3, 0.4) is 0 Å². The van der Waals surface area contributed by atoms with E-state index in [0.29, 0.717) is 21.9 Å². The van der Waals surface area contributed by atoms with E-state index in [1.165, 1.54) is 22.7 Å². The molecule has 136 valence electrons.